The highest BCUT2D eigenvalue weighted by atomic mass is 19.4. The van der Waals surface area contributed by atoms with Crippen LogP contribution >= 0.6 is 0 Å². The number of benzene rings is 1. The predicted octanol–water partition coefficient (Wildman–Crippen LogP) is 2.89. The molecule has 3 aliphatic rings. The monoisotopic (exact) mass is 438 g/mol. The van der Waals surface area contributed by atoms with Gasteiger partial charge in [-0.25, -0.2) is 0 Å². The Labute approximate surface area is 178 Å². The van der Waals surface area contributed by atoms with E-state index in [0.717, 1.165) is 25.0 Å². The highest BCUT2D eigenvalue weighted by Crippen LogP contribution is 2.45. The Kier molecular flexibility index (Phi) is 5.57. The number of piperidine rings is 1. The molecule has 2 saturated heterocycles. The lowest BCUT2D eigenvalue weighted by Gasteiger charge is -2.35. The molecule has 0 radical (unpaired) electrons. The third kappa shape index (κ3) is 4.07. The van der Waals surface area contributed by atoms with E-state index in [9.17, 15) is 27.6 Å². The summed E-state index contributed by atoms with van der Waals surface area (Å²) in [5.74, 6) is -1.34. The van der Waals surface area contributed by atoms with E-state index in [1.54, 1.807) is 12.0 Å². The SMILES string of the molecule is COC1CCCN(C(=O)CC2(c3cccc(C(F)(F)F)c3)CC(=O)N(C3CC3)C2=O)C1. The predicted molar refractivity (Wildman–Crippen MR) is 104 cm³/mol. The number of likely N-dealkylation sites (tertiary alicyclic amines) is 2. The number of nitrogens with zero attached hydrogens (tertiary/aromatic N) is 2. The average Bonchev–Trinajstić information content (AvgIpc) is 3.54. The second-order valence-electron chi connectivity index (χ2n) is 8.65. The molecule has 0 aromatic heterocycles. The standard InChI is InChI=1S/C22H25F3N2O4/c1-31-17-6-3-9-26(13-17)18(28)11-21(12-19(29)27(20(21)30)16-7-8-16)14-4-2-5-15(10-14)22(23,24)25/h2,4-5,10,16-17H,3,6-9,11-13H2,1H3. The van der Waals surface area contributed by atoms with Crippen LogP contribution in [0.1, 0.15) is 49.7 Å². The van der Waals surface area contributed by atoms with Gasteiger partial charge >= 0.3 is 6.18 Å². The Morgan fingerprint density at radius 1 is 1.23 bits per heavy atom. The quantitative estimate of drug-likeness (QED) is 0.663. The van der Waals surface area contributed by atoms with E-state index in [-0.39, 0.29) is 36.5 Å². The van der Waals surface area contributed by atoms with Gasteiger partial charge in [-0.05, 0) is 37.3 Å². The number of carbonyl (C=O) groups is 3. The van der Waals surface area contributed by atoms with Crippen LogP contribution in [0.3, 0.4) is 0 Å². The van der Waals surface area contributed by atoms with E-state index < -0.39 is 29.0 Å². The lowest BCUT2D eigenvalue weighted by molar-refractivity contribution is -0.144. The summed E-state index contributed by atoms with van der Waals surface area (Å²) in [5.41, 5.74) is -2.45. The summed E-state index contributed by atoms with van der Waals surface area (Å²) >= 11 is 0. The molecular formula is C22H25F3N2O4. The highest BCUT2D eigenvalue weighted by molar-refractivity contribution is 6.11. The average molecular weight is 438 g/mol. The van der Waals surface area contributed by atoms with Crippen molar-refractivity contribution in [2.45, 2.75) is 62.3 Å². The van der Waals surface area contributed by atoms with Crippen LogP contribution in [0.5, 0.6) is 0 Å². The van der Waals surface area contributed by atoms with Gasteiger partial charge < -0.3 is 9.64 Å². The molecule has 1 aliphatic carbocycles. The van der Waals surface area contributed by atoms with Gasteiger partial charge in [-0.3, -0.25) is 19.3 Å². The number of methoxy groups -OCH3 is 1. The van der Waals surface area contributed by atoms with E-state index in [1.807, 2.05) is 0 Å². The zero-order chi connectivity index (χ0) is 22.4. The van der Waals surface area contributed by atoms with Crippen LogP contribution < -0.4 is 0 Å². The normalized spacial score (nSPS) is 27.2. The maximum absolute atomic E-state index is 13.4. The minimum atomic E-state index is -4.60. The number of imide groups is 1. The Hall–Kier alpha value is -2.42. The number of hydrogen-bond donors (Lipinski definition) is 0. The van der Waals surface area contributed by atoms with Gasteiger partial charge in [0.15, 0.2) is 0 Å². The third-order valence-corrected chi connectivity index (χ3v) is 6.52. The van der Waals surface area contributed by atoms with Crippen LogP contribution in [-0.2, 0) is 30.7 Å². The summed E-state index contributed by atoms with van der Waals surface area (Å²) < 4.78 is 45.4. The third-order valence-electron chi connectivity index (χ3n) is 6.52. The van der Waals surface area contributed by atoms with Crippen molar-refractivity contribution in [3.63, 3.8) is 0 Å². The lowest BCUT2D eigenvalue weighted by Crippen LogP contribution is -2.47. The number of amides is 3. The summed E-state index contributed by atoms with van der Waals surface area (Å²) in [4.78, 5) is 42.1. The first kappa shape index (κ1) is 21.8. The Bertz CT molecular complexity index is 899. The number of ether oxygens (including phenoxy) is 1. The van der Waals surface area contributed by atoms with Crippen molar-refractivity contribution >= 4 is 17.7 Å². The van der Waals surface area contributed by atoms with Gasteiger partial charge in [0, 0.05) is 39.1 Å². The van der Waals surface area contributed by atoms with Crippen LogP contribution in [-0.4, -0.2) is 59.9 Å². The van der Waals surface area contributed by atoms with Crippen molar-refractivity contribution in [1.82, 2.24) is 9.80 Å². The van der Waals surface area contributed by atoms with Crippen LogP contribution in [0.15, 0.2) is 24.3 Å². The first-order chi connectivity index (χ1) is 14.7. The minimum absolute atomic E-state index is 0.0671. The van der Waals surface area contributed by atoms with Gasteiger partial charge in [0.25, 0.3) is 0 Å². The molecule has 3 amide bonds. The Balaban J connectivity index is 1.70. The van der Waals surface area contributed by atoms with Gasteiger partial charge in [0.2, 0.25) is 17.7 Å². The first-order valence-electron chi connectivity index (χ1n) is 10.5. The topological polar surface area (TPSA) is 66.9 Å². The van der Waals surface area contributed by atoms with Crippen molar-refractivity contribution in [2.24, 2.45) is 0 Å². The molecule has 2 atom stereocenters. The van der Waals surface area contributed by atoms with Gasteiger partial charge in [0.05, 0.1) is 17.1 Å². The molecule has 4 rings (SSSR count). The van der Waals surface area contributed by atoms with Gasteiger partial charge in [-0.1, -0.05) is 18.2 Å². The van der Waals surface area contributed by atoms with E-state index in [4.69, 9.17) is 4.74 Å². The Morgan fingerprint density at radius 3 is 2.61 bits per heavy atom. The molecule has 1 aromatic carbocycles. The molecule has 168 valence electrons. The van der Waals surface area contributed by atoms with Crippen LogP contribution in [0.25, 0.3) is 0 Å². The van der Waals surface area contributed by atoms with Crippen molar-refractivity contribution in [1.29, 1.82) is 0 Å². The van der Waals surface area contributed by atoms with Crippen molar-refractivity contribution in [2.75, 3.05) is 20.2 Å². The lowest BCUT2D eigenvalue weighted by atomic mass is 9.75. The molecule has 2 unspecified atom stereocenters. The molecule has 3 fully saturated rings. The molecule has 1 aromatic rings. The van der Waals surface area contributed by atoms with Crippen LogP contribution in [0, 0.1) is 0 Å². The molecule has 0 spiro atoms. The molecule has 0 bridgehead atoms. The minimum Gasteiger partial charge on any atom is -0.380 e. The van der Waals surface area contributed by atoms with Crippen molar-refractivity contribution < 1.29 is 32.3 Å². The molecule has 31 heavy (non-hydrogen) atoms. The smallest absolute Gasteiger partial charge is 0.380 e. The first-order valence-corrected chi connectivity index (χ1v) is 10.5. The summed E-state index contributed by atoms with van der Waals surface area (Å²) in [7, 11) is 1.56. The van der Waals surface area contributed by atoms with Crippen LogP contribution in [0.4, 0.5) is 13.2 Å². The van der Waals surface area contributed by atoms with Crippen molar-refractivity contribution in [3.8, 4) is 0 Å². The molecule has 1 saturated carbocycles. The number of alkyl halides is 3. The fourth-order valence-electron chi connectivity index (χ4n) is 4.65. The van der Waals surface area contributed by atoms with E-state index >= 15 is 0 Å². The number of hydrogen-bond acceptors (Lipinski definition) is 4. The maximum Gasteiger partial charge on any atom is 0.416 e. The summed E-state index contributed by atoms with van der Waals surface area (Å²) in [6.07, 6.45) is -2.42. The van der Waals surface area contributed by atoms with Gasteiger partial charge in [-0.2, -0.15) is 13.2 Å². The summed E-state index contributed by atoms with van der Waals surface area (Å²) in [6.45, 7) is 0.855. The summed E-state index contributed by atoms with van der Waals surface area (Å²) in [6, 6.07) is 4.26. The fraction of sp³-hybridized carbons (Fsp3) is 0.591. The van der Waals surface area contributed by atoms with E-state index in [1.165, 1.54) is 17.0 Å². The maximum atomic E-state index is 13.4. The molecule has 9 heteroatoms. The van der Waals surface area contributed by atoms with Gasteiger partial charge in [0.1, 0.15) is 0 Å². The largest absolute Gasteiger partial charge is 0.416 e. The second-order valence-corrected chi connectivity index (χ2v) is 8.65. The second kappa shape index (κ2) is 7.93. The number of rotatable bonds is 5. The zero-order valence-electron chi connectivity index (χ0n) is 17.3. The van der Waals surface area contributed by atoms with Gasteiger partial charge in [-0.15, -0.1) is 0 Å². The molecule has 2 heterocycles. The molecule has 0 N–H and O–H groups in total. The zero-order valence-corrected chi connectivity index (χ0v) is 17.3. The van der Waals surface area contributed by atoms with E-state index in [2.05, 4.69) is 0 Å². The fourth-order valence-corrected chi connectivity index (χ4v) is 4.65. The van der Waals surface area contributed by atoms with Crippen molar-refractivity contribution in [3.05, 3.63) is 35.4 Å². The van der Waals surface area contributed by atoms with Crippen LogP contribution in [0.2, 0.25) is 0 Å². The Morgan fingerprint density at radius 2 is 1.97 bits per heavy atom. The van der Waals surface area contributed by atoms with E-state index in [0.29, 0.717) is 25.9 Å². The molecular weight excluding hydrogens is 413 g/mol. The molecule has 2 aliphatic heterocycles. The number of halogens is 3. The molecule has 6 nitrogen and oxygen atoms in total. The highest BCUT2D eigenvalue weighted by Gasteiger charge is 2.57. The summed E-state index contributed by atoms with van der Waals surface area (Å²) in [5, 5.41) is 0. The number of carbonyl (C=O) groups excluding carboxylic acids is 3.